The molecule has 0 atom stereocenters. The largest absolute Gasteiger partial charge is 0.497 e. The normalized spacial score (nSPS) is 14.6. The van der Waals surface area contributed by atoms with E-state index < -0.39 is 0 Å². The molecule has 7 heteroatoms. The van der Waals surface area contributed by atoms with Gasteiger partial charge in [-0.25, -0.2) is 0 Å². The van der Waals surface area contributed by atoms with Crippen LogP contribution in [0.4, 0.5) is 0 Å². The van der Waals surface area contributed by atoms with E-state index in [9.17, 15) is 4.79 Å². The van der Waals surface area contributed by atoms with Gasteiger partial charge in [0.2, 0.25) is 0 Å². The van der Waals surface area contributed by atoms with Crippen LogP contribution in [0, 0.1) is 0 Å². The molecule has 150 valence electrons. The number of methoxy groups -OCH3 is 2. The molecular formula is C21H25ClN2O4. The van der Waals surface area contributed by atoms with E-state index >= 15 is 0 Å². The molecule has 0 N–H and O–H groups in total. The van der Waals surface area contributed by atoms with Crippen molar-refractivity contribution in [2.24, 2.45) is 0 Å². The maximum atomic E-state index is 12.8. The molecular weight excluding hydrogens is 380 g/mol. The Morgan fingerprint density at radius 3 is 2.25 bits per heavy atom. The first-order valence-electron chi connectivity index (χ1n) is 9.22. The molecule has 0 radical (unpaired) electrons. The Bertz CT molecular complexity index is 784. The number of para-hydroxylation sites is 1. The highest BCUT2D eigenvalue weighted by Crippen LogP contribution is 2.24. The third-order valence-electron chi connectivity index (χ3n) is 4.76. The minimum Gasteiger partial charge on any atom is -0.497 e. The summed E-state index contributed by atoms with van der Waals surface area (Å²) < 4.78 is 16.3. The predicted molar refractivity (Wildman–Crippen MR) is 109 cm³/mol. The number of nitrogens with zero attached hydrogens (tertiary/aromatic N) is 2. The van der Waals surface area contributed by atoms with E-state index in [1.165, 1.54) is 0 Å². The Hall–Kier alpha value is -2.44. The number of hydrogen-bond acceptors (Lipinski definition) is 5. The quantitative estimate of drug-likeness (QED) is 0.709. The van der Waals surface area contributed by atoms with Crippen LogP contribution in [0.1, 0.15) is 10.4 Å². The van der Waals surface area contributed by atoms with Gasteiger partial charge < -0.3 is 19.1 Å². The van der Waals surface area contributed by atoms with Gasteiger partial charge in [0, 0.05) is 44.4 Å². The number of halogens is 1. The van der Waals surface area contributed by atoms with Crippen molar-refractivity contribution in [2.45, 2.75) is 0 Å². The zero-order valence-electron chi connectivity index (χ0n) is 16.2. The molecule has 3 rings (SSSR count). The minimum absolute atomic E-state index is 0.0100. The Morgan fingerprint density at radius 1 is 1.00 bits per heavy atom. The second kappa shape index (κ2) is 9.66. The summed E-state index contributed by atoms with van der Waals surface area (Å²) in [6.07, 6.45) is 0. The van der Waals surface area contributed by atoms with Gasteiger partial charge in [0.25, 0.3) is 5.91 Å². The van der Waals surface area contributed by atoms with Crippen LogP contribution < -0.4 is 14.2 Å². The van der Waals surface area contributed by atoms with Crippen molar-refractivity contribution >= 4 is 17.5 Å². The Balaban J connectivity index is 1.49. The number of benzene rings is 2. The van der Waals surface area contributed by atoms with Crippen LogP contribution in [-0.4, -0.2) is 69.3 Å². The van der Waals surface area contributed by atoms with Gasteiger partial charge in [0.05, 0.1) is 19.2 Å². The Kier molecular flexibility index (Phi) is 7.01. The second-order valence-corrected chi connectivity index (χ2v) is 6.92. The molecule has 1 amide bonds. The number of rotatable bonds is 7. The monoisotopic (exact) mass is 404 g/mol. The van der Waals surface area contributed by atoms with Crippen molar-refractivity contribution in [3.05, 3.63) is 53.1 Å². The standard InChI is InChI=1S/C21H25ClN2O4/c1-26-17-13-16(14-18(15-17)27-2)21(25)24-9-7-23(8-10-24)11-12-28-20-6-4-3-5-19(20)22/h3-6,13-15H,7-12H2,1-2H3. The van der Waals surface area contributed by atoms with Crippen molar-refractivity contribution in [3.63, 3.8) is 0 Å². The third kappa shape index (κ3) is 5.09. The van der Waals surface area contributed by atoms with Gasteiger partial charge in [-0.15, -0.1) is 0 Å². The predicted octanol–water partition coefficient (Wildman–Crippen LogP) is 3.19. The lowest BCUT2D eigenvalue weighted by molar-refractivity contribution is 0.0619. The van der Waals surface area contributed by atoms with Gasteiger partial charge >= 0.3 is 0 Å². The maximum Gasteiger partial charge on any atom is 0.254 e. The van der Waals surface area contributed by atoms with E-state index in [2.05, 4.69) is 4.90 Å². The molecule has 0 bridgehead atoms. The molecule has 1 fully saturated rings. The molecule has 0 spiro atoms. The van der Waals surface area contributed by atoms with Crippen molar-refractivity contribution < 1.29 is 19.0 Å². The number of ether oxygens (including phenoxy) is 3. The molecule has 1 saturated heterocycles. The molecule has 0 unspecified atom stereocenters. The first-order chi connectivity index (χ1) is 13.6. The zero-order chi connectivity index (χ0) is 19.9. The van der Waals surface area contributed by atoms with Crippen LogP contribution >= 0.6 is 11.6 Å². The van der Waals surface area contributed by atoms with Crippen LogP contribution in [0.15, 0.2) is 42.5 Å². The highest BCUT2D eigenvalue weighted by Gasteiger charge is 2.23. The molecule has 2 aromatic carbocycles. The second-order valence-electron chi connectivity index (χ2n) is 6.51. The van der Waals surface area contributed by atoms with E-state index in [0.717, 1.165) is 19.6 Å². The summed E-state index contributed by atoms with van der Waals surface area (Å²) >= 11 is 6.10. The molecule has 0 saturated carbocycles. The van der Waals surface area contributed by atoms with Crippen LogP contribution in [0.3, 0.4) is 0 Å². The molecule has 1 heterocycles. The van der Waals surface area contributed by atoms with Crippen LogP contribution in [0.2, 0.25) is 5.02 Å². The highest BCUT2D eigenvalue weighted by molar-refractivity contribution is 6.32. The Morgan fingerprint density at radius 2 is 1.64 bits per heavy atom. The van der Waals surface area contributed by atoms with Gasteiger partial charge in [-0.05, 0) is 24.3 Å². The first kappa shape index (κ1) is 20.3. The molecule has 0 aliphatic carbocycles. The van der Waals surface area contributed by atoms with E-state index in [4.69, 9.17) is 25.8 Å². The van der Waals surface area contributed by atoms with Crippen molar-refractivity contribution in [1.82, 2.24) is 9.80 Å². The first-order valence-corrected chi connectivity index (χ1v) is 9.60. The van der Waals surface area contributed by atoms with Gasteiger partial charge in [-0.3, -0.25) is 9.69 Å². The Labute approximate surface area is 170 Å². The number of carbonyl (C=O) groups excluding carboxylic acids is 1. The van der Waals surface area contributed by atoms with Crippen molar-refractivity contribution in [3.8, 4) is 17.2 Å². The lowest BCUT2D eigenvalue weighted by atomic mass is 10.1. The smallest absolute Gasteiger partial charge is 0.254 e. The summed E-state index contributed by atoms with van der Waals surface area (Å²) in [5.41, 5.74) is 0.576. The molecule has 28 heavy (non-hydrogen) atoms. The van der Waals surface area contributed by atoms with E-state index in [-0.39, 0.29) is 5.91 Å². The third-order valence-corrected chi connectivity index (χ3v) is 5.07. The molecule has 6 nitrogen and oxygen atoms in total. The fourth-order valence-electron chi connectivity index (χ4n) is 3.13. The fraction of sp³-hybridized carbons (Fsp3) is 0.381. The lowest BCUT2D eigenvalue weighted by Gasteiger charge is -2.34. The average Bonchev–Trinajstić information content (AvgIpc) is 2.74. The summed E-state index contributed by atoms with van der Waals surface area (Å²) in [5, 5.41) is 0.617. The molecule has 2 aromatic rings. The van der Waals surface area contributed by atoms with E-state index in [0.29, 0.717) is 47.5 Å². The van der Waals surface area contributed by atoms with Crippen LogP contribution in [0.25, 0.3) is 0 Å². The number of carbonyl (C=O) groups is 1. The summed E-state index contributed by atoms with van der Waals surface area (Å²) in [6, 6.07) is 12.7. The van der Waals surface area contributed by atoms with E-state index in [1.54, 1.807) is 32.4 Å². The zero-order valence-corrected chi connectivity index (χ0v) is 16.9. The molecule has 1 aliphatic rings. The van der Waals surface area contributed by atoms with Gasteiger partial charge in [0.1, 0.15) is 23.9 Å². The lowest BCUT2D eigenvalue weighted by Crippen LogP contribution is -2.49. The summed E-state index contributed by atoms with van der Waals surface area (Å²) in [5.74, 6) is 1.91. The number of piperazine rings is 1. The maximum absolute atomic E-state index is 12.8. The summed E-state index contributed by atoms with van der Waals surface area (Å²) in [7, 11) is 3.15. The van der Waals surface area contributed by atoms with Gasteiger partial charge in [-0.2, -0.15) is 0 Å². The topological polar surface area (TPSA) is 51.2 Å². The van der Waals surface area contributed by atoms with Gasteiger partial charge in [0.15, 0.2) is 0 Å². The average molecular weight is 405 g/mol. The van der Waals surface area contributed by atoms with Crippen molar-refractivity contribution in [1.29, 1.82) is 0 Å². The number of amides is 1. The van der Waals surface area contributed by atoms with Crippen LogP contribution in [0.5, 0.6) is 17.2 Å². The van der Waals surface area contributed by atoms with Crippen LogP contribution in [-0.2, 0) is 0 Å². The highest BCUT2D eigenvalue weighted by atomic mass is 35.5. The number of hydrogen-bond donors (Lipinski definition) is 0. The van der Waals surface area contributed by atoms with E-state index in [1.807, 2.05) is 29.2 Å². The van der Waals surface area contributed by atoms with Gasteiger partial charge in [-0.1, -0.05) is 23.7 Å². The minimum atomic E-state index is -0.0100. The van der Waals surface area contributed by atoms with Crippen molar-refractivity contribution in [2.75, 3.05) is 53.6 Å². The molecule has 0 aromatic heterocycles. The summed E-state index contributed by atoms with van der Waals surface area (Å²) in [6.45, 7) is 4.30. The fourth-order valence-corrected chi connectivity index (χ4v) is 3.32. The SMILES string of the molecule is COc1cc(OC)cc(C(=O)N2CCN(CCOc3ccccc3Cl)CC2)c1. The summed E-state index contributed by atoms with van der Waals surface area (Å²) in [4.78, 5) is 17.0. The molecule has 1 aliphatic heterocycles.